The van der Waals surface area contributed by atoms with Crippen LogP contribution in [0, 0.1) is 0 Å². The molecule has 0 bridgehead atoms. The van der Waals surface area contributed by atoms with Crippen molar-refractivity contribution in [3.8, 4) is 5.75 Å². The lowest BCUT2D eigenvalue weighted by Gasteiger charge is -2.04. The van der Waals surface area contributed by atoms with E-state index in [4.69, 9.17) is 16.3 Å². The van der Waals surface area contributed by atoms with Crippen molar-refractivity contribution in [1.82, 2.24) is 15.4 Å². The van der Waals surface area contributed by atoms with E-state index in [2.05, 4.69) is 15.4 Å². The van der Waals surface area contributed by atoms with Gasteiger partial charge >= 0.3 is 0 Å². The smallest absolute Gasteiger partial charge is 0.215 e. The Kier molecular flexibility index (Phi) is 2.87. The van der Waals surface area contributed by atoms with Gasteiger partial charge in [0.2, 0.25) is 5.78 Å². The second kappa shape index (κ2) is 4.32. The fraction of sp³-hybridized carbons (Fsp3) is 0.100. The predicted molar refractivity (Wildman–Crippen MR) is 57.8 cm³/mol. The van der Waals surface area contributed by atoms with Crippen molar-refractivity contribution in [3.05, 3.63) is 40.7 Å². The summed E-state index contributed by atoms with van der Waals surface area (Å²) in [6, 6.07) is 4.79. The Hall–Kier alpha value is -1.88. The van der Waals surface area contributed by atoms with Crippen molar-refractivity contribution >= 4 is 17.4 Å². The number of H-pyrrole nitrogens is 1. The first-order valence-electron chi connectivity index (χ1n) is 4.46. The highest BCUT2D eigenvalue weighted by Crippen LogP contribution is 2.25. The predicted octanol–water partition coefficient (Wildman–Crippen LogP) is 1.70. The third-order valence-electron chi connectivity index (χ3n) is 2.06. The SMILES string of the molecule is COc1cc(C(=O)c2cn[nH]n2)ccc1Cl. The Labute approximate surface area is 96.4 Å². The van der Waals surface area contributed by atoms with Crippen LogP contribution in [-0.2, 0) is 0 Å². The van der Waals surface area contributed by atoms with E-state index in [0.29, 0.717) is 16.3 Å². The van der Waals surface area contributed by atoms with Crippen LogP contribution in [0.1, 0.15) is 16.1 Å². The van der Waals surface area contributed by atoms with Crippen molar-refractivity contribution in [2.45, 2.75) is 0 Å². The highest BCUT2D eigenvalue weighted by molar-refractivity contribution is 6.32. The van der Waals surface area contributed by atoms with Crippen LogP contribution in [-0.4, -0.2) is 28.3 Å². The van der Waals surface area contributed by atoms with Gasteiger partial charge in [-0.05, 0) is 18.2 Å². The largest absolute Gasteiger partial charge is 0.495 e. The van der Waals surface area contributed by atoms with E-state index in [1.165, 1.54) is 13.3 Å². The number of hydrogen-bond acceptors (Lipinski definition) is 4. The van der Waals surface area contributed by atoms with Crippen LogP contribution >= 0.6 is 11.6 Å². The van der Waals surface area contributed by atoms with Gasteiger partial charge in [-0.25, -0.2) is 0 Å². The van der Waals surface area contributed by atoms with E-state index in [0.717, 1.165) is 0 Å². The summed E-state index contributed by atoms with van der Waals surface area (Å²) in [4.78, 5) is 11.9. The molecule has 82 valence electrons. The van der Waals surface area contributed by atoms with Gasteiger partial charge in [-0.3, -0.25) is 4.79 Å². The number of methoxy groups -OCH3 is 1. The molecule has 0 aliphatic heterocycles. The number of hydrogen-bond donors (Lipinski definition) is 1. The van der Waals surface area contributed by atoms with E-state index in [1.807, 2.05) is 0 Å². The maximum Gasteiger partial charge on any atom is 0.215 e. The molecule has 16 heavy (non-hydrogen) atoms. The molecule has 0 amide bonds. The highest BCUT2D eigenvalue weighted by Gasteiger charge is 2.13. The molecule has 0 aliphatic rings. The molecule has 2 rings (SSSR count). The van der Waals surface area contributed by atoms with Crippen LogP contribution in [0.15, 0.2) is 24.4 Å². The van der Waals surface area contributed by atoms with Crippen molar-refractivity contribution in [2.75, 3.05) is 7.11 Å². The topological polar surface area (TPSA) is 67.9 Å². The lowest BCUT2D eigenvalue weighted by molar-refractivity contribution is 0.103. The van der Waals surface area contributed by atoms with Gasteiger partial charge in [-0.2, -0.15) is 15.4 Å². The minimum absolute atomic E-state index is 0.233. The second-order valence-corrected chi connectivity index (χ2v) is 3.44. The summed E-state index contributed by atoms with van der Waals surface area (Å²) in [5.41, 5.74) is 0.708. The number of rotatable bonds is 3. The van der Waals surface area contributed by atoms with Crippen LogP contribution in [0.25, 0.3) is 0 Å². The molecule has 2 aromatic rings. The molecule has 1 N–H and O–H groups in total. The number of aromatic amines is 1. The molecule has 0 saturated carbocycles. The van der Waals surface area contributed by atoms with Crippen molar-refractivity contribution in [2.24, 2.45) is 0 Å². The minimum Gasteiger partial charge on any atom is -0.495 e. The number of carbonyl (C=O) groups is 1. The summed E-state index contributed by atoms with van der Waals surface area (Å²) in [7, 11) is 1.49. The Bertz CT molecular complexity index is 511. The van der Waals surface area contributed by atoms with E-state index >= 15 is 0 Å². The van der Waals surface area contributed by atoms with Gasteiger partial charge in [-0.1, -0.05) is 11.6 Å². The first-order valence-corrected chi connectivity index (χ1v) is 4.84. The third kappa shape index (κ3) is 1.90. The van der Waals surface area contributed by atoms with E-state index in [9.17, 15) is 4.79 Å². The number of nitrogens with one attached hydrogen (secondary N) is 1. The molecule has 0 fully saturated rings. The fourth-order valence-corrected chi connectivity index (χ4v) is 1.45. The molecule has 6 heteroatoms. The molecule has 1 heterocycles. The van der Waals surface area contributed by atoms with Crippen molar-refractivity contribution < 1.29 is 9.53 Å². The highest BCUT2D eigenvalue weighted by atomic mass is 35.5. The molecule has 0 spiro atoms. The molecule has 1 aromatic carbocycles. The van der Waals surface area contributed by atoms with Gasteiger partial charge in [0.15, 0.2) is 5.69 Å². The zero-order valence-electron chi connectivity index (χ0n) is 8.40. The van der Waals surface area contributed by atoms with Gasteiger partial charge in [-0.15, -0.1) is 0 Å². The molecule has 0 unspecified atom stereocenters. The molecule has 0 radical (unpaired) electrons. The summed E-state index contributed by atoms with van der Waals surface area (Å²) < 4.78 is 5.03. The average molecular weight is 238 g/mol. The summed E-state index contributed by atoms with van der Waals surface area (Å²) >= 11 is 5.86. The molecule has 0 saturated heterocycles. The Balaban J connectivity index is 2.38. The van der Waals surface area contributed by atoms with Crippen LogP contribution in [0.2, 0.25) is 5.02 Å². The lowest BCUT2D eigenvalue weighted by Crippen LogP contribution is -2.02. The Morgan fingerprint density at radius 2 is 2.31 bits per heavy atom. The maximum atomic E-state index is 11.9. The van der Waals surface area contributed by atoms with Crippen LogP contribution in [0.5, 0.6) is 5.75 Å². The average Bonchev–Trinajstić information content (AvgIpc) is 2.82. The normalized spacial score (nSPS) is 10.1. The van der Waals surface area contributed by atoms with E-state index in [-0.39, 0.29) is 11.5 Å². The number of ketones is 1. The number of ether oxygens (including phenoxy) is 1. The maximum absolute atomic E-state index is 11.9. The third-order valence-corrected chi connectivity index (χ3v) is 2.37. The second-order valence-electron chi connectivity index (χ2n) is 3.03. The minimum atomic E-state index is -0.233. The molecular formula is C10H8ClN3O2. The molecule has 5 nitrogen and oxygen atoms in total. The number of halogens is 1. The molecule has 1 aromatic heterocycles. The molecule has 0 aliphatic carbocycles. The lowest BCUT2D eigenvalue weighted by atomic mass is 10.1. The number of nitrogens with zero attached hydrogens (tertiary/aromatic N) is 2. The van der Waals surface area contributed by atoms with Crippen molar-refractivity contribution in [3.63, 3.8) is 0 Å². The Morgan fingerprint density at radius 1 is 1.50 bits per heavy atom. The van der Waals surface area contributed by atoms with E-state index in [1.54, 1.807) is 18.2 Å². The fourth-order valence-electron chi connectivity index (χ4n) is 1.26. The summed E-state index contributed by atoms with van der Waals surface area (Å²) in [6.45, 7) is 0. The quantitative estimate of drug-likeness (QED) is 0.825. The van der Waals surface area contributed by atoms with Crippen LogP contribution in [0.3, 0.4) is 0 Å². The first-order chi connectivity index (χ1) is 7.72. The summed E-state index contributed by atoms with van der Waals surface area (Å²) in [5, 5.41) is 10.1. The zero-order valence-corrected chi connectivity index (χ0v) is 9.15. The van der Waals surface area contributed by atoms with Crippen LogP contribution < -0.4 is 4.74 Å². The van der Waals surface area contributed by atoms with Gasteiger partial charge < -0.3 is 4.74 Å². The molecular weight excluding hydrogens is 230 g/mol. The monoisotopic (exact) mass is 237 g/mol. The first kappa shape index (κ1) is 10.6. The van der Waals surface area contributed by atoms with Gasteiger partial charge in [0, 0.05) is 5.56 Å². The standard InChI is InChI=1S/C10H8ClN3O2/c1-16-9-4-6(2-3-7(9)11)10(15)8-5-12-14-13-8/h2-5H,1H3,(H,12,13,14). The van der Waals surface area contributed by atoms with E-state index < -0.39 is 0 Å². The number of carbonyl (C=O) groups excluding carboxylic acids is 1. The van der Waals surface area contributed by atoms with Crippen molar-refractivity contribution in [1.29, 1.82) is 0 Å². The molecule has 0 atom stereocenters. The van der Waals surface area contributed by atoms with Gasteiger partial charge in [0.25, 0.3) is 0 Å². The van der Waals surface area contributed by atoms with Gasteiger partial charge in [0.05, 0.1) is 18.3 Å². The number of benzene rings is 1. The number of aromatic nitrogens is 3. The summed E-state index contributed by atoms with van der Waals surface area (Å²) in [6.07, 6.45) is 1.36. The van der Waals surface area contributed by atoms with Crippen LogP contribution in [0.4, 0.5) is 0 Å². The Morgan fingerprint density at radius 3 is 2.94 bits per heavy atom. The van der Waals surface area contributed by atoms with Gasteiger partial charge in [0.1, 0.15) is 5.75 Å². The summed E-state index contributed by atoms with van der Waals surface area (Å²) in [5.74, 6) is 0.222. The zero-order chi connectivity index (χ0) is 11.5.